The molecule has 0 saturated carbocycles. The third-order valence-electron chi connectivity index (χ3n) is 4.98. The van der Waals surface area contributed by atoms with Crippen molar-refractivity contribution in [1.29, 1.82) is 0 Å². The maximum atomic E-state index is 13.0. The van der Waals surface area contributed by atoms with E-state index in [0.29, 0.717) is 28.5 Å². The molecule has 2 aromatic carbocycles. The number of hydrogen-bond acceptors (Lipinski definition) is 7. The lowest BCUT2D eigenvalue weighted by molar-refractivity contribution is -0.384. The second-order valence-electron chi connectivity index (χ2n) is 7.06. The summed E-state index contributed by atoms with van der Waals surface area (Å²) < 4.78 is 11.1. The van der Waals surface area contributed by atoms with E-state index >= 15 is 0 Å². The van der Waals surface area contributed by atoms with Crippen LogP contribution < -0.4 is 9.75 Å². The van der Waals surface area contributed by atoms with E-state index in [4.69, 9.17) is 9.15 Å². The minimum atomic E-state index is -1.11. The summed E-state index contributed by atoms with van der Waals surface area (Å²) in [5, 5.41) is 25.6. The standard InChI is InChI=1S/C23H17N3O7/c1-13-19(22(27)25(24-13)15-5-3-4-14(10-15)23(28)29)12-17-7-9-20(33-17)18-8-6-16(26(30)31)11-21(18)32-2/h3-12H,1-2H3,(H,28,29)/b19-12-. The number of methoxy groups -OCH3 is 1. The summed E-state index contributed by atoms with van der Waals surface area (Å²) in [5.74, 6) is -0.494. The summed E-state index contributed by atoms with van der Waals surface area (Å²) in [6.07, 6.45) is 1.53. The van der Waals surface area contributed by atoms with E-state index in [2.05, 4.69) is 5.10 Å². The highest BCUT2D eigenvalue weighted by molar-refractivity contribution is 6.32. The highest BCUT2D eigenvalue weighted by Crippen LogP contribution is 2.35. The molecule has 0 atom stereocenters. The second-order valence-corrected chi connectivity index (χ2v) is 7.06. The Balaban J connectivity index is 1.63. The number of benzene rings is 2. The molecule has 0 fully saturated rings. The van der Waals surface area contributed by atoms with Gasteiger partial charge in [0, 0.05) is 6.07 Å². The number of aromatic carboxylic acids is 1. The number of nitrogens with zero attached hydrogens (tertiary/aromatic N) is 3. The van der Waals surface area contributed by atoms with Gasteiger partial charge in [-0.15, -0.1) is 0 Å². The summed E-state index contributed by atoms with van der Waals surface area (Å²) in [7, 11) is 1.40. The van der Waals surface area contributed by atoms with Crippen molar-refractivity contribution in [3.63, 3.8) is 0 Å². The molecule has 0 unspecified atom stereocenters. The Morgan fingerprint density at radius 3 is 2.70 bits per heavy atom. The second kappa shape index (κ2) is 8.42. The van der Waals surface area contributed by atoms with E-state index in [1.165, 1.54) is 49.6 Å². The zero-order valence-corrected chi connectivity index (χ0v) is 17.5. The number of hydrogen-bond donors (Lipinski definition) is 1. The number of ether oxygens (including phenoxy) is 1. The van der Waals surface area contributed by atoms with Crippen molar-refractivity contribution in [2.24, 2.45) is 5.10 Å². The summed E-state index contributed by atoms with van der Waals surface area (Å²) >= 11 is 0. The topological polar surface area (TPSA) is 135 Å². The number of rotatable bonds is 6. The molecule has 2 heterocycles. The summed E-state index contributed by atoms with van der Waals surface area (Å²) in [6.45, 7) is 1.66. The molecule has 3 aromatic rings. The average Bonchev–Trinajstić information content (AvgIpc) is 3.38. The van der Waals surface area contributed by atoms with Gasteiger partial charge in [0.05, 0.1) is 46.2 Å². The predicted molar refractivity (Wildman–Crippen MR) is 119 cm³/mol. The van der Waals surface area contributed by atoms with Crippen LogP contribution in [0.25, 0.3) is 17.4 Å². The first-order chi connectivity index (χ1) is 15.8. The van der Waals surface area contributed by atoms with Gasteiger partial charge in [-0.25, -0.2) is 4.79 Å². The van der Waals surface area contributed by atoms with Gasteiger partial charge in [-0.3, -0.25) is 14.9 Å². The molecule has 0 saturated heterocycles. The van der Waals surface area contributed by atoms with E-state index in [0.717, 1.165) is 5.01 Å². The lowest BCUT2D eigenvalue weighted by Crippen LogP contribution is -2.21. The van der Waals surface area contributed by atoms with E-state index in [-0.39, 0.29) is 22.6 Å². The average molecular weight is 447 g/mol. The molecule has 0 spiro atoms. The fourth-order valence-electron chi connectivity index (χ4n) is 3.34. The third kappa shape index (κ3) is 4.09. The van der Waals surface area contributed by atoms with Crippen molar-refractivity contribution in [3.05, 3.63) is 81.6 Å². The Morgan fingerprint density at radius 1 is 1.21 bits per heavy atom. The molecule has 4 rings (SSSR count). The van der Waals surface area contributed by atoms with Crippen LogP contribution in [0, 0.1) is 10.1 Å². The first-order valence-electron chi connectivity index (χ1n) is 9.66. The van der Waals surface area contributed by atoms with Gasteiger partial charge >= 0.3 is 5.97 Å². The Kier molecular flexibility index (Phi) is 5.49. The number of furan rings is 1. The van der Waals surface area contributed by atoms with E-state index in [1.807, 2.05) is 0 Å². The summed E-state index contributed by atoms with van der Waals surface area (Å²) in [5.41, 5.74) is 1.50. The van der Waals surface area contributed by atoms with Crippen LogP contribution in [0.5, 0.6) is 5.75 Å². The largest absolute Gasteiger partial charge is 0.496 e. The maximum Gasteiger partial charge on any atom is 0.335 e. The fourth-order valence-corrected chi connectivity index (χ4v) is 3.34. The zero-order chi connectivity index (χ0) is 23.7. The Morgan fingerprint density at radius 2 is 2.00 bits per heavy atom. The van der Waals surface area contributed by atoms with Gasteiger partial charge in [0.25, 0.3) is 11.6 Å². The lowest BCUT2D eigenvalue weighted by atomic mass is 10.1. The van der Waals surface area contributed by atoms with Crippen LogP contribution >= 0.6 is 0 Å². The van der Waals surface area contributed by atoms with Gasteiger partial charge in [0.1, 0.15) is 17.3 Å². The first kappa shape index (κ1) is 21.5. The van der Waals surface area contributed by atoms with Gasteiger partial charge in [-0.2, -0.15) is 10.1 Å². The SMILES string of the molecule is COc1cc([N+](=O)[O-])ccc1-c1ccc(/C=C2\C(=O)N(c3cccc(C(=O)O)c3)N=C2C)o1. The molecular formula is C23H17N3O7. The molecule has 1 aliphatic heterocycles. The van der Waals surface area contributed by atoms with E-state index < -0.39 is 16.8 Å². The van der Waals surface area contributed by atoms with E-state index in [9.17, 15) is 24.8 Å². The molecule has 1 aliphatic rings. The van der Waals surface area contributed by atoms with Crippen molar-refractivity contribution in [1.82, 2.24) is 0 Å². The van der Waals surface area contributed by atoms with Crippen molar-refractivity contribution in [2.75, 3.05) is 12.1 Å². The van der Waals surface area contributed by atoms with Gasteiger partial charge in [0.2, 0.25) is 0 Å². The molecule has 33 heavy (non-hydrogen) atoms. The van der Waals surface area contributed by atoms with Crippen molar-refractivity contribution < 1.29 is 28.8 Å². The number of nitro groups is 1. The molecule has 0 aliphatic carbocycles. The molecule has 10 heteroatoms. The molecule has 0 radical (unpaired) electrons. The molecule has 1 amide bonds. The Hall–Kier alpha value is -4.73. The molecule has 1 aromatic heterocycles. The first-order valence-corrected chi connectivity index (χ1v) is 9.66. The van der Waals surface area contributed by atoms with Crippen molar-refractivity contribution in [2.45, 2.75) is 6.92 Å². The number of carboxylic acids is 1. The number of carboxylic acid groups (broad SMARTS) is 1. The molecule has 166 valence electrons. The number of amides is 1. The van der Waals surface area contributed by atoms with E-state index in [1.54, 1.807) is 25.1 Å². The predicted octanol–water partition coefficient (Wildman–Crippen LogP) is 4.37. The normalized spacial score (nSPS) is 14.5. The van der Waals surface area contributed by atoms with Crippen LogP contribution in [-0.2, 0) is 4.79 Å². The number of anilines is 1. The number of non-ortho nitro benzene ring substituents is 1. The Bertz CT molecular complexity index is 1350. The molecular weight excluding hydrogens is 430 g/mol. The van der Waals surface area contributed by atoms with Gasteiger partial charge in [0.15, 0.2) is 0 Å². The van der Waals surface area contributed by atoms with Crippen molar-refractivity contribution in [3.8, 4) is 17.1 Å². The molecule has 0 bridgehead atoms. The van der Waals surface area contributed by atoms with Crippen molar-refractivity contribution >= 4 is 35.0 Å². The minimum Gasteiger partial charge on any atom is -0.496 e. The highest BCUT2D eigenvalue weighted by Gasteiger charge is 2.29. The fraction of sp³-hybridized carbons (Fsp3) is 0.0870. The van der Waals surface area contributed by atoms with Crippen LogP contribution in [0.3, 0.4) is 0 Å². The van der Waals surface area contributed by atoms with Gasteiger partial charge < -0.3 is 14.3 Å². The molecule has 10 nitrogen and oxygen atoms in total. The van der Waals surface area contributed by atoms with Crippen LogP contribution in [-0.4, -0.2) is 34.7 Å². The Labute approximate surface area is 187 Å². The quantitative estimate of drug-likeness (QED) is 0.337. The van der Waals surface area contributed by atoms with Crippen LogP contribution in [0.1, 0.15) is 23.0 Å². The number of hydrazone groups is 1. The number of carbonyl (C=O) groups is 2. The summed E-state index contributed by atoms with van der Waals surface area (Å²) in [4.78, 5) is 34.7. The van der Waals surface area contributed by atoms with Crippen LogP contribution in [0.4, 0.5) is 11.4 Å². The monoisotopic (exact) mass is 447 g/mol. The van der Waals surface area contributed by atoms with Gasteiger partial charge in [-0.1, -0.05) is 6.07 Å². The smallest absolute Gasteiger partial charge is 0.335 e. The zero-order valence-electron chi connectivity index (χ0n) is 17.5. The van der Waals surface area contributed by atoms with Crippen LogP contribution in [0.2, 0.25) is 0 Å². The highest BCUT2D eigenvalue weighted by atomic mass is 16.6. The summed E-state index contributed by atoms with van der Waals surface area (Å²) in [6, 6.07) is 13.4. The lowest BCUT2D eigenvalue weighted by Gasteiger charge is -2.12. The van der Waals surface area contributed by atoms with Gasteiger partial charge in [-0.05, 0) is 49.4 Å². The minimum absolute atomic E-state index is 0.0401. The maximum absolute atomic E-state index is 13.0. The molecule has 1 N–H and O–H groups in total. The number of carbonyl (C=O) groups excluding carboxylic acids is 1. The number of nitro benzene ring substituents is 1. The third-order valence-corrected chi connectivity index (χ3v) is 4.98. The van der Waals surface area contributed by atoms with Crippen LogP contribution in [0.15, 0.2) is 69.7 Å².